The normalized spacial score (nSPS) is 13.1. The first-order chi connectivity index (χ1) is 15.7. The van der Waals surface area contributed by atoms with Gasteiger partial charge in [0.25, 0.3) is 15.9 Å². The van der Waals surface area contributed by atoms with Crippen molar-refractivity contribution in [2.45, 2.75) is 44.6 Å². The number of aromatic nitrogens is 1. The van der Waals surface area contributed by atoms with Crippen molar-refractivity contribution in [2.75, 3.05) is 0 Å². The second-order valence-electron chi connectivity index (χ2n) is 8.29. The van der Waals surface area contributed by atoms with Crippen molar-refractivity contribution in [3.8, 4) is 6.07 Å². The summed E-state index contributed by atoms with van der Waals surface area (Å²) in [5.74, 6) is -0.541. The molecule has 8 nitrogen and oxygen atoms in total. The van der Waals surface area contributed by atoms with Gasteiger partial charge in [0.1, 0.15) is 11.8 Å². The number of oxime groups is 1. The highest BCUT2D eigenvalue weighted by molar-refractivity contribution is 7.90. The van der Waals surface area contributed by atoms with Crippen LogP contribution in [0.2, 0.25) is 0 Å². The smallest absolute Gasteiger partial charge is 0.270 e. The Morgan fingerprint density at radius 1 is 1.18 bits per heavy atom. The van der Waals surface area contributed by atoms with Crippen LogP contribution in [0.1, 0.15) is 31.4 Å². The molecular weight excluding hydrogens is 440 g/mol. The quantitative estimate of drug-likeness (QED) is 0.298. The lowest BCUT2D eigenvalue weighted by Gasteiger charge is -2.13. The Morgan fingerprint density at radius 2 is 1.85 bits per heavy atom. The van der Waals surface area contributed by atoms with Crippen molar-refractivity contribution in [1.29, 1.82) is 5.26 Å². The molecule has 1 atom stereocenters. The standard InChI is InChI=1S/C24H26N4O4S/c1-16(2)12-22(27-30)24(29)26-19(14-25)13-18-15-28(23-7-5-4-6-21(18)23)33(31,32)20-10-8-17(3)9-11-20/h4-11,15-16,19,30H,12-13H2,1-3H3,(H,26,29). The van der Waals surface area contributed by atoms with Gasteiger partial charge in [0, 0.05) is 24.4 Å². The fourth-order valence-electron chi connectivity index (χ4n) is 3.56. The summed E-state index contributed by atoms with van der Waals surface area (Å²) in [5.41, 5.74) is 1.96. The highest BCUT2D eigenvalue weighted by Crippen LogP contribution is 2.27. The summed E-state index contributed by atoms with van der Waals surface area (Å²) >= 11 is 0. The van der Waals surface area contributed by atoms with Crippen molar-refractivity contribution >= 4 is 32.5 Å². The number of nitriles is 1. The molecule has 0 bridgehead atoms. The number of aryl methyl sites for hydroxylation is 1. The number of fused-ring (bicyclic) bond motifs is 1. The van der Waals surface area contributed by atoms with E-state index >= 15 is 0 Å². The highest BCUT2D eigenvalue weighted by atomic mass is 32.2. The number of hydrogen-bond acceptors (Lipinski definition) is 6. The second kappa shape index (κ2) is 9.88. The third-order valence-electron chi connectivity index (χ3n) is 5.21. The fraction of sp³-hybridized carbons (Fsp3) is 0.292. The number of nitrogens with one attached hydrogen (secondary N) is 1. The third-order valence-corrected chi connectivity index (χ3v) is 6.90. The summed E-state index contributed by atoms with van der Waals surface area (Å²) in [6, 6.07) is 14.7. The molecule has 0 aliphatic rings. The van der Waals surface area contributed by atoms with Gasteiger partial charge in [-0.05, 0) is 36.6 Å². The average Bonchev–Trinajstić information content (AvgIpc) is 3.16. The van der Waals surface area contributed by atoms with E-state index in [0.717, 1.165) is 5.56 Å². The third kappa shape index (κ3) is 5.23. The van der Waals surface area contributed by atoms with Gasteiger partial charge >= 0.3 is 0 Å². The molecule has 172 valence electrons. The van der Waals surface area contributed by atoms with Crippen molar-refractivity contribution in [1.82, 2.24) is 9.29 Å². The summed E-state index contributed by atoms with van der Waals surface area (Å²) in [4.78, 5) is 12.6. The van der Waals surface area contributed by atoms with Crippen molar-refractivity contribution in [3.05, 3.63) is 65.9 Å². The lowest BCUT2D eigenvalue weighted by Crippen LogP contribution is -2.40. The molecule has 1 unspecified atom stereocenters. The Balaban J connectivity index is 1.95. The van der Waals surface area contributed by atoms with E-state index in [1.54, 1.807) is 48.5 Å². The highest BCUT2D eigenvalue weighted by Gasteiger charge is 2.24. The van der Waals surface area contributed by atoms with Crippen molar-refractivity contribution < 1.29 is 18.4 Å². The van der Waals surface area contributed by atoms with Crippen LogP contribution >= 0.6 is 0 Å². The van der Waals surface area contributed by atoms with Crippen molar-refractivity contribution in [2.24, 2.45) is 11.1 Å². The van der Waals surface area contributed by atoms with Crippen LogP contribution in [0.3, 0.4) is 0 Å². The number of rotatable bonds is 8. The van der Waals surface area contributed by atoms with E-state index in [0.29, 0.717) is 16.5 Å². The maximum Gasteiger partial charge on any atom is 0.270 e. The largest absolute Gasteiger partial charge is 0.410 e. The van der Waals surface area contributed by atoms with Gasteiger partial charge in [-0.3, -0.25) is 4.79 Å². The number of carbonyl (C=O) groups is 1. The molecule has 1 amide bonds. The zero-order chi connectivity index (χ0) is 24.2. The monoisotopic (exact) mass is 466 g/mol. The minimum absolute atomic E-state index is 0.0605. The van der Waals surface area contributed by atoms with Gasteiger partial charge in [-0.1, -0.05) is 54.9 Å². The molecule has 2 aromatic carbocycles. The minimum Gasteiger partial charge on any atom is -0.410 e. The molecule has 0 saturated heterocycles. The SMILES string of the molecule is Cc1ccc(S(=O)(=O)n2cc(CC(C#N)NC(=O)C(CC(C)C)=NO)c3ccccc32)cc1. The number of nitrogens with zero attached hydrogens (tertiary/aromatic N) is 3. The van der Waals surface area contributed by atoms with Crippen LogP contribution in [0.4, 0.5) is 0 Å². The number of benzene rings is 2. The number of amides is 1. The maximum absolute atomic E-state index is 13.3. The van der Waals surface area contributed by atoms with Crippen molar-refractivity contribution in [3.63, 3.8) is 0 Å². The first kappa shape index (κ1) is 24.0. The zero-order valence-corrected chi connectivity index (χ0v) is 19.5. The van der Waals surface area contributed by atoms with E-state index in [4.69, 9.17) is 5.21 Å². The van der Waals surface area contributed by atoms with Gasteiger partial charge in [0.15, 0.2) is 0 Å². The van der Waals surface area contributed by atoms with Crippen LogP contribution in [-0.2, 0) is 21.2 Å². The summed E-state index contributed by atoms with van der Waals surface area (Å²) < 4.78 is 27.8. The Morgan fingerprint density at radius 3 is 2.45 bits per heavy atom. The van der Waals surface area contributed by atoms with E-state index in [2.05, 4.69) is 10.5 Å². The summed E-state index contributed by atoms with van der Waals surface area (Å²) in [5, 5.41) is 25.1. The number of hydrogen-bond donors (Lipinski definition) is 2. The van der Waals surface area contributed by atoms with Gasteiger partial charge in [-0.2, -0.15) is 5.26 Å². The molecule has 1 aromatic heterocycles. The number of para-hydroxylation sites is 1. The second-order valence-corrected chi connectivity index (χ2v) is 10.1. The van der Waals surface area contributed by atoms with Gasteiger partial charge in [-0.15, -0.1) is 0 Å². The molecule has 33 heavy (non-hydrogen) atoms. The molecule has 0 fully saturated rings. The fourth-order valence-corrected chi connectivity index (χ4v) is 4.95. The Hall–Kier alpha value is -3.64. The molecule has 9 heteroatoms. The molecule has 0 aliphatic heterocycles. The minimum atomic E-state index is -3.86. The number of carbonyl (C=O) groups excluding carboxylic acids is 1. The lowest BCUT2D eigenvalue weighted by molar-refractivity contribution is -0.115. The molecule has 0 saturated carbocycles. The summed E-state index contributed by atoms with van der Waals surface area (Å²) in [7, 11) is -3.86. The van der Waals surface area contributed by atoms with Gasteiger partial charge in [-0.25, -0.2) is 12.4 Å². The van der Waals surface area contributed by atoms with Gasteiger partial charge in [0.2, 0.25) is 0 Å². The Labute approximate surface area is 193 Å². The van der Waals surface area contributed by atoms with E-state index < -0.39 is 22.0 Å². The predicted molar refractivity (Wildman–Crippen MR) is 126 cm³/mol. The molecule has 0 spiro atoms. The van der Waals surface area contributed by atoms with E-state index in [-0.39, 0.29) is 29.4 Å². The molecule has 3 rings (SSSR count). The van der Waals surface area contributed by atoms with Gasteiger partial charge < -0.3 is 10.5 Å². The lowest BCUT2D eigenvalue weighted by atomic mass is 10.0. The van der Waals surface area contributed by atoms with Crippen LogP contribution < -0.4 is 5.32 Å². The Bertz CT molecular complexity index is 1330. The topological polar surface area (TPSA) is 125 Å². The van der Waals surface area contributed by atoms with Crippen LogP contribution in [-0.4, -0.2) is 35.3 Å². The van der Waals surface area contributed by atoms with Crippen LogP contribution in [0.25, 0.3) is 10.9 Å². The predicted octanol–water partition coefficient (Wildman–Crippen LogP) is 3.61. The molecule has 0 aliphatic carbocycles. The molecule has 3 aromatic rings. The summed E-state index contributed by atoms with van der Waals surface area (Å²) in [6.45, 7) is 5.64. The van der Waals surface area contributed by atoms with Crippen LogP contribution in [0.5, 0.6) is 0 Å². The molecular formula is C24H26N4O4S. The molecule has 0 radical (unpaired) electrons. The van der Waals surface area contributed by atoms with Gasteiger partial charge in [0.05, 0.1) is 16.5 Å². The first-order valence-corrected chi connectivity index (χ1v) is 11.9. The van der Waals surface area contributed by atoms with E-state index in [9.17, 15) is 18.5 Å². The maximum atomic E-state index is 13.3. The zero-order valence-electron chi connectivity index (χ0n) is 18.7. The van der Waals surface area contributed by atoms with Crippen LogP contribution in [0.15, 0.2) is 64.8 Å². The van der Waals surface area contributed by atoms with E-state index in [1.165, 1.54) is 10.2 Å². The molecule has 1 heterocycles. The Kier molecular flexibility index (Phi) is 7.19. The molecule has 2 N–H and O–H groups in total. The first-order valence-electron chi connectivity index (χ1n) is 10.5. The average molecular weight is 467 g/mol. The van der Waals surface area contributed by atoms with E-state index in [1.807, 2.05) is 26.8 Å². The van der Waals surface area contributed by atoms with Crippen LogP contribution in [0, 0.1) is 24.2 Å². The summed E-state index contributed by atoms with van der Waals surface area (Å²) in [6.07, 6.45) is 1.83.